The lowest BCUT2D eigenvalue weighted by Gasteiger charge is -2.28. The summed E-state index contributed by atoms with van der Waals surface area (Å²) in [6.45, 7) is 2.65. The van der Waals surface area contributed by atoms with Crippen LogP contribution in [0, 0.1) is 0 Å². The third kappa shape index (κ3) is 4.68. The van der Waals surface area contributed by atoms with Crippen molar-refractivity contribution in [2.45, 2.75) is 34.3 Å². The number of ether oxygens (including phenoxy) is 2. The fraction of sp³-hybridized carbons (Fsp3) is 0.263. The van der Waals surface area contributed by atoms with E-state index in [1.54, 1.807) is 34.9 Å². The van der Waals surface area contributed by atoms with Gasteiger partial charge in [0, 0.05) is 26.9 Å². The molecule has 0 radical (unpaired) electrons. The van der Waals surface area contributed by atoms with Gasteiger partial charge in [-0.2, -0.15) is 0 Å². The zero-order valence-corrected chi connectivity index (χ0v) is 18.6. The summed E-state index contributed by atoms with van der Waals surface area (Å²) in [6.07, 6.45) is -0.377. The Kier molecular flexibility index (Phi) is 6.39. The second-order valence-corrected chi connectivity index (χ2v) is 10.4. The lowest BCUT2D eigenvalue weighted by atomic mass is 10.1. The molecule has 0 unspecified atom stereocenters. The van der Waals surface area contributed by atoms with E-state index < -0.39 is 0 Å². The smallest absolute Gasteiger partial charge is 0.227 e. The number of nitrogens with zero attached hydrogens (tertiary/aromatic N) is 2. The van der Waals surface area contributed by atoms with Crippen LogP contribution in [0.2, 0.25) is 0 Å². The molecule has 3 aromatic rings. The predicted octanol–water partition coefficient (Wildman–Crippen LogP) is 6.31. The molecular weight excluding hydrogens is 464 g/mol. The van der Waals surface area contributed by atoms with Gasteiger partial charge in [0.15, 0.2) is 8.68 Å². The highest BCUT2D eigenvalue weighted by atomic mass is 79.9. The van der Waals surface area contributed by atoms with E-state index in [1.807, 2.05) is 30.3 Å². The van der Waals surface area contributed by atoms with Crippen LogP contribution >= 0.6 is 50.8 Å². The molecule has 27 heavy (non-hydrogen) atoms. The molecule has 0 N–H and O–H groups in total. The molecule has 140 valence electrons. The first kappa shape index (κ1) is 19.3. The van der Waals surface area contributed by atoms with E-state index in [4.69, 9.17) is 9.47 Å². The molecule has 8 heteroatoms. The summed E-state index contributed by atoms with van der Waals surface area (Å²) in [6, 6.07) is 14.2. The van der Waals surface area contributed by atoms with Gasteiger partial charge in [0.1, 0.15) is 5.75 Å². The van der Waals surface area contributed by atoms with Gasteiger partial charge in [-0.15, -0.1) is 10.2 Å². The van der Waals surface area contributed by atoms with Crippen molar-refractivity contribution in [3.63, 3.8) is 0 Å². The van der Waals surface area contributed by atoms with E-state index >= 15 is 0 Å². The van der Waals surface area contributed by atoms with E-state index in [2.05, 4.69) is 45.2 Å². The van der Waals surface area contributed by atoms with Crippen molar-refractivity contribution in [3.8, 4) is 5.75 Å². The zero-order chi connectivity index (χ0) is 18.6. The van der Waals surface area contributed by atoms with Crippen LogP contribution in [0.4, 0.5) is 0 Å². The van der Waals surface area contributed by atoms with Crippen LogP contribution in [0.25, 0.3) is 0 Å². The molecule has 0 fully saturated rings. The van der Waals surface area contributed by atoms with Crippen molar-refractivity contribution < 1.29 is 9.47 Å². The first-order chi connectivity index (χ1) is 13.2. The highest BCUT2D eigenvalue weighted by Crippen LogP contribution is 2.40. The molecular formula is C19H17BrN2O2S3. The minimum atomic E-state index is -0.377. The Hall–Kier alpha value is -1.06. The van der Waals surface area contributed by atoms with Gasteiger partial charge in [-0.05, 0) is 17.9 Å². The van der Waals surface area contributed by atoms with Crippen LogP contribution in [-0.2, 0) is 17.1 Å². The molecule has 4 rings (SSSR count). The maximum Gasteiger partial charge on any atom is 0.227 e. The van der Waals surface area contributed by atoms with Crippen molar-refractivity contribution in [1.82, 2.24) is 10.2 Å². The van der Waals surface area contributed by atoms with E-state index in [0.717, 1.165) is 47.1 Å². The Bertz CT molecular complexity index is 921. The minimum Gasteiger partial charge on any atom is -0.460 e. The molecule has 0 spiro atoms. The van der Waals surface area contributed by atoms with E-state index in [9.17, 15) is 0 Å². The van der Waals surface area contributed by atoms with Crippen molar-refractivity contribution in [1.29, 1.82) is 0 Å². The largest absolute Gasteiger partial charge is 0.460 e. The summed E-state index contributed by atoms with van der Waals surface area (Å²) in [5.41, 5.74) is 3.22. The quantitative estimate of drug-likeness (QED) is 0.385. The summed E-state index contributed by atoms with van der Waals surface area (Å²) < 4.78 is 15.2. The average Bonchev–Trinajstić information content (AvgIpc) is 3.14. The molecule has 1 aromatic heterocycles. The van der Waals surface area contributed by atoms with Crippen LogP contribution < -0.4 is 4.74 Å². The van der Waals surface area contributed by atoms with Gasteiger partial charge in [0.2, 0.25) is 6.29 Å². The SMILES string of the molecule is CCSc1nnc(SCc2cc(Br)cc3c2O[C@H](c2ccccc2)OC3)s1. The Morgan fingerprint density at radius 3 is 2.70 bits per heavy atom. The standard InChI is InChI=1S/C19H17BrN2O2S3/c1-2-25-18-21-22-19(27-18)26-11-14-9-15(20)8-13-10-23-17(24-16(13)14)12-6-4-3-5-7-12/h3-9,17H,2,10-11H2,1H3/t17-/m1/s1. The van der Waals surface area contributed by atoms with Gasteiger partial charge in [-0.25, -0.2) is 0 Å². The van der Waals surface area contributed by atoms with Crippen LogP contribution in [0.5, 0.6) is 5.75 Å². The van der Waals surface area contributed by atoms with Crippen molar-refractivity contribution in [2.75, 3.05) is 5.75 Å². The van der Waals surface area contributed by atoms with Gasteiger partial charge in [0.25, 0.3) is 0 Å². The summed E-state index contributed by atoms with van der Waals surface area (Å²) in [7, 11) is 0. The first-order valence-corrected chi connectivity index (χ1v) is 12.0. The van der Waals surface area contributed by atoms with Crippen LogP contribution in [-0.4, -0.2) is 16.0 Å². The summed E-state index contributed by atoms with van der Waals surface area (Å²) in [5.74, 6) is 2.69. The molecule has 0 saturated heterocycles. The molecule has 2 heterocycles. The van der Waals surface area contributed by atoms with Crippen LogP contribution in [0.1, 0.15) is 29.9 Å². The fourth-order valence-electron chi connectivity index (χ4n) is 2.74. The third-order valence-electron chi connectivity index (χ3n) is 3.90. The molecule has 0 aliphatic carbocycles. The average molecular weight is 481 g/mol. The van der Waals surface area contributed by atoms with Gasteiger partial charge < -0.3 is 9.47 Å². The molecule has 4 nitrogen and oxygen atoms in total. The number of aromatic nitrogens is 2. The van der Waals surface area contributed by atoms with E-state index in [-0.39, 0.29) is 6.29 Å². The number of rotatable bonds is 6. The second-order valence-electron chi connectivity index (χ2n) is 5.78. The lowest BCUT2D eigenvalue weighted by molar-refractivity contribution is -0.111. The molecule has 1 atom stereocenters. The highest BCUT2D eigenvalue weighted by molar-refractivity contribution is 9.10. The normalized spacial score (nSPS) is 16.0. The summed E-state index contributed by atoms with van der Waals surface area (Å²) in [4.78, 5) is 0. The van der Waals surface area contributed by atoms with Crippen LogP contribution in [0.3, 0.4) is 0 Å². The van der Waals surface area contributed by atoms with E-state index in [0.29, 0.717) is 6.61 Å². The maximum absolute atomic E-state index is 6.24. The fourth-order valence-corrected chi connectivity index (χ4v) is 6.17. The molecule has 0 saturated carbocycles. The number of fused-ring (bicyclic) bond motifs is 1. The molecule has 0 amide bonds. The van der Waals surface area contributed by atoms with Crippen molar-refractivity contribution in [2.24, 2.45) is 0 Å². The van der Waals surface area contributed by atoms with E-state index in [1.165, 1.54) is 0 Å². The molecule has 1 aliphatic rings. The van der Waals surface area contributed by atoms with Gasteiger partial charge in [-0.1, -0.05) is 88.0 Å². The second kappa shape index (κ2) is 8.96. The lowest BCUT2D eigenvalue weighted by Crippen LogP contribution is -2.19. The van der Waals surface area contributed by atoms with Crippen molar-refractivity contribution in [3.05, 3.63) is 63.6 Å². The number of halogens is 1. The number of hydrogen-bond acceptors (Lipinski definition) is 7. The van der Waals surface area contributed by atoms with Crippen molar-refractivity contribution >= 4 is 50.8 Å². The number of hydrogen-bond donors (Lipinski definition) is 0. The molecule has 2 aromatic carbocycles. The predicted molar refractivity (Wildman–Crippen MR) is 115 cm³/mol. The Morgan fingerprint density at radius 1 is 1.15 bits per heavy atom. The van der Waals surface area contributed by atoms with Gasteiger partial charge in [0.05, 0.1) is 6.61 Å². The first-order valence-electron chi connectivity index (χ1n) is 8.46. The minimum absolute atomic E-state index is 0.377. The number of thioether (sulfide) groups is 2. The maximum atomic E-state index is 6.24. The highest BCUT2D eigenvalue weighted by Gasteiger charge is 2.25. The van der Waals surface area contributed by atoms with Crippen LogP contribution in [0.15, 0.2) is 55.6 Å². The monoisotopic (exact) mass is 480 g/mol. The summed E-state index contributed by atoms with van der Waals surface area (Å²) in [5, 5.41) is 8.51. The zero-order valence-electron chi connectivity index (χ0n) is 14.6. The third-order valence-corrected chi connectivity index (χ3v) is 7.48. The Balaban J connectivity index is 1.54. The number of benzene rings is 2. The molecule has 1 aliphatic heterocycles. The van der Waals surface area contributed by atoms with Gasteiger partial charge in [-0.3, -0.25) is 0 Å². The summed E-state index contributed by atoms with van der Waals surface area (Å²) >= 11 is 8.66. The topological polar surface area (TPSA) is 44.2 Å². The van der Waals surface area contributed by atoms with Gasteiger partial charge >= 0.3 is 0 Å². The Labute approximate surface area is 179 Å². The Morgan fingerprint density at radius 2 is 1.93 bits per heavy atom. The molecule has 0 bridgehead atoms.